The van der Waals surface area contributed by atoms with Crippen LogP contribution in [0.5, 0.6) is 0 Å². The molecule has 0 bridgehead atoms. The van der Waals surface area contributed by atoms with Crippen LogP contribution in [-0.4, -0.2) is 59.3 Å². The maximum Gasteiger partial charge on any atom is 0.258 e. The number of nitrogens with zero attached hydrogens (tertiary/aromatic N) is 3. The number of methoxy groups -OCH3 is 1. The second-order valence-electron chi connectivity index (χ2n) is 7.42. The normalized spacial score (nSPS) is 21.2. The largest absolute Gasteiger partial charge is 0.382 e. The van der Waals surface area contributed by atoms with Gasteiger partial charge in [-0.05, 0) is 12.8 Å². The van der Waals surface area contributed by atoms with E-state index in [0.717, 1.165) is 12.1 Å². The highest BCUT2D eigenvalue weighted by Gasteiger charge is 2.50. The van der Waals surface area contributed by atoms with Gasteiger partial charge in [-0.15, -0.1) is 0 Å². The zero-order chi connectivity index (χ0) is 18.1. The van der Waals surface area contributed by atoms with Crippen LogP contribution in [0.2, 0.25) is 0 Å². The summed E-state index contributed by atoms with van der Waals surface area (Å²) in [5.41, 5.74) is 0.0792. The second kappa shape index (κ2) is 6.55. The molecule has 1 fully saturated rings. The fourth-order valence-corrected chi connectivity index (χ4v) is 3.44. The highest BCUT2D eigenvalue weighted by Crippen LogP contribution is 2.34. The number of carbonyl (C=O) groups is 2. The number of amides is 2. The average molecular weight is 336 g/mol. The SMILES string of the molecule is CNC(=O)C1(COC)CCCN1C(=O)c1cn(C)nc1C(C)(C)C. The Morgan fingerprint density at radius 1 is 1.42 bits per heavy atom. The Balaban J connectivity index is 2.47. The van der Waals surface area contributed by atoms with E-state index < -0.39 is 5.54 Å². The van der Waals surface area contributed by atoms with Crippen molar-refractivity contribution >= 4 is 11.8 Å². The molecule has 2 heterocycles. The van der Waals surface area contributed by atoms with Crippen LogP contribution >= 0.6 is 0 Å². The summed E-state index contributed by atoms with van der Waals surface area (Å²) in [4.78, 5) is 27.5. The first-order valence-corrected chi connectivity index (χ1v) is 8.24. The van der Waals surface area contributed by atoms with Crippen LogP contribution in [0.3, 0.4) is 0 Å². The first-order valence-electron chi connectivity index (χ1n) is 8.24. The molecular weight excluding hydrogens is 308 g/mol. The van der Waals surface area contributed by atoms with E-state index in [2.05, 4.69) is 10.4 Å². The van der Waals surface area contributed by atoms with E-state index in [1.807, 2.05) is 20.8 Å². The number of carbonyl (C=O) groups excluding carboxylic acids is 2. The number of ether oxygens (including phenoxy) is 1. The molecule has 1 aromatic rings. The molecule has 1 unspecified atom stereocenters. The zero-order valence-electron chi connectivity index (χ0n) is 15.5. The number of rotatable bonds is 4. The molecule has 1 N–H and O–H groups in total. The van der Waals surface area contributed by atoms with Gasteiger partial charge in [-0.25, -0.2) is 0 Å². The predicted molar refractivity (Wildman–Crippen MR) is 90.9 cm³/mol. The van der Waals surface area contributed by atoms with Crippen molar-refractivity contribution in [2.75, 3.05) is 27.3 Å². The molecule has 1 saturated heterocycles. The lowest BCUT2D eigenvalue weighted by atomic mass is 9.88. The Bertz CT molecular complexity index is 632. The minimum Gasteiger partial charge on any atom is -0.382 e. The van der Waals surface area contributed by atoms with Crippen LogP contribution in [0.4, 0.5) is 0 Å². The summed E-state index contributed by atoms with van der Waals surface area (Å²) in [5, 5.41) is 7.16. The quantitative estimate of drug-likeness (QED) is 0.893. The minimum absolute atomic E-state index is 0.161. The standard InChI is InChI=1S/C17H28N4O3/c1-16(2,3)13-12(10-20(5)19-13)14(22)21-9-7-8-17(21,11-24-6)15(23)18-4/h10H,7-9,11H2,1-6H3,(H,18,23). The van der Waals surface area contributed by atoms with E-state index >= 15 is 0 Å². The van der Waals surface area contributed by atoms with E-state index in [0.29, 0.717) is 18.5 Å². The first kappa shape index (κ1) is 18.4. The van der Waals surface area contributed by atoms with Gasteiger partial charge in [0.1, 0.15) is 5.54 Å². The summed E-state index contributed by atoms with van der Waals surface area (Å²) >= 11 is 0. The molecule has 7 nitrogen and oxygen atoms in total. The Labute approximate surface area is 143 Å². The lowest BCUT2D eigenvalue weighted by Gasteiger charge is -2.36. The highest BCUT2D eigenvalue weighted by atomic mass is 16.5. The Morgan fingerprint density at radius 2 is 2.08 bits per heavy atom. The van der Waals surface area contributed by atoms with E-state index in [1.165, 1.54) is 0 Å². The molecule has 24 heavy (non-hydrogen) atoms. The Hall–Kier alpha value is -1.89. The molecule has 1 aromatic heterocycles. The smallest absolute Gasteiger partial charge is 0.258 e. The second-order valence-corrected chi connectivity index (χ2v) is 7.42. The summed E-state index contributed by atoms with van der Waals surface area (Å²) < 4.78 is 6.95. The third-order valence-electron chi connectivity index (χ3n) is 4.54. The van der Waals surface area contributed by atoms with Gasteiger partial charge in [0.15, 0.2) is 0 Å². The molecule has 1 aliphatic rings. The van der Waals surface area contributed by atoms with Gasteiger partial charge in [0.2, 0.25) is 5.91 Å². The monoisotopic (exact) mass is 336 g/mol. The number of hydrogen-bond acceptors (Lipinski definition) is 4. The fraction of sp³-hybridized carbons (Fsp3) is 0.706. The molecule has 1 atom stereocenters. The lowest BCUT2D eigenvalue weighted by molar-refractivity contribution is -0.133. The van der Waals surface area contributed by atoms with Gasteiger partial charge in [0.05, 0.1) is 17.9 Å². The first-order chi connectivity index (χ1) is 11.2. The molecule has 1 aliphatic heterocycles. The molecule has 0 aliphatic carbocycles. The van der Waals surface area contributed by atoms with E-state index in [-0.39, 0.29) is 23.8 Å². The summed E-state index contributed by atoms with van der Waals surface area (Å²) in [6, 6.07) is 0. The predicted octanol–water partition coefficient (Wildman–Crippen LogP) is 1.08. The van der Waals surface area contributed by atoms with Crippen molar-refractivity contribution in [2.24, 2.45) is 7.05 Å². The number of likely N-dealkylation sites (tertiary alicyclic amines) is 1. The van der Waals surface area contributed by atoms with Crippen molar-refractivity contribution in [2.45, 2.75) is 44.6 Å². The van der Waals surface area contributed by atoms with Crippen LogP contribution in [0, 0.1) is 0 Å². The van der Waals surface area contributed by atoms with Gasteiger partial charge in [0.25, 0.3) is 5.91 Å². The van der Waals surface area contributed by atoms with Gasteiger partial charge in [-0.3, -0.25) is 14.3 Å². The summed E-state index contributed by atoms with van der Waals surface area (Å²) in [7, 11) is 4.94. The number of nitrogens with one attached hydrogen (secondary N) is 1. The van der Waals surface area contributed by atoms with Gasteiger partial charge in [0, 0.05) is 39.4 Å². The molecular formula is C17H28N4O3. The molecule has 0 spiro atoms. The van der Waals surface area contributed by atoms with Crippen molar-refractivity contribution in [1.82, 2.24) is 20.0 Å². The molecule has 0 saturated carbocycles. The lowest BCUT2D eigenvalue weighted by Crippen LogP contribution is -2.59. The van der Waals surface area contributed by atoms with Crippen molar-refractivity contribution in [3.63, 3.8) is 0 Å². The van der Waals surface area contributed by atoms with Gasteiger partial charge >= 0.3 is 0 Å². The van der Waals surface area contributed by atoms with Crippen molar-refractivity contribution < 1.29 is 14.3 Å². The van der Waals surface area contributed by atoms with Crippen LogP contribution in [0.15, 0.2) is 6.20 Å². The van der Waals surface area contributed by atoms with Gasteiger partial charge in [-0.1, -0.05) is 20.8 Å². The summed E-state index contributed by atoms with van der Waals surface area (Å²) in [5.74, 6) is -0.345. The Morgan fingerprint density at radius 3 is 2.62 bits per heavy atom. The van der Waals surface area contributed by atoms with Crippen molar-refractivity contribution in [3.05, 3.63) is 17.5 Å². The topological polar surface area (TPSA) is 76.5 Å². The summed E-state index contributed by atoms with van der Waals surface area (Å²) in [6.07, 6.45) is 3.10. The van der Waals surface area contributed by atoms with Gasteiger partial charge in [-0.2, -0.15) is 5.10 Å². The maximum absolute atomic E-state index is 13.3. The molecule has 0 aromatic carbocycles. The molecule has 2 amide bonds. The molecule has 134 valence electrons. The Kier molecular flexibility index (Phi) is 5.03. The number of likely N-dealkylation sites (N-methyl/N-ethyl adjacent to an activating group) is 1. The fourth-order valence-electron chi connectivity index (χ4n) is 3.44. The average Bonchev–Trinajstić information content (AvgIpc) is 3.10. The van der Waals surface area contributed by atoms with Crippen LogP contribution in [0.1, 0.15) is 49.7 Å². The van der Waals surface area contributed by atoms with E-state index in [4.69, 9.17) is 4.74 Å². The molecule has 7 heteroatoms. The summed E-state index contributed by atoms with van der Waals surface area (Å²) in [6.45, 7) is 6.80. The third-order valence-corrected chi connectivity index (χ3v) is 4.54. The molecule has 0 radical (unpaired) electrons. The van der Waals surface area contributed by atoms with Crippen molar-refractivity contribution in [3.8, 4) is 0 Å². The maximum atomic E-state index is 13.3. The number of aromatic nitrogens is 2. The van der Waals surface area contributed by atoms with Crippen LogP contribution in [-0.2, 0) is 22.0 Å². The van der Waals surface area contributed by atoms with E-state index in [1.54, 1.807) is 37.0 Å². The zero-order valence-corrected chi connectivity index (χ0v) is 15.5. The third kappa shape index (κ3) is 3.05. The van der Waals surface area contributed by atoms with E-state index in [9.17, 15) is 9.59 Å². The van der Waals surface area contributed by atoms with Crippen LogP contribution in [0.25, 0.3) is 0 Å². The van der Waals surface area contributed by atoms with Crippen molar-refractivity contribution in [1.29, 1.82) is 0 Å². The highest BCUT2D eigenvalue weighted by molar-refractivity contribution is 6.00. The number of hydrogen-bond donors (Lipinski definition) is 1. The van der Waals surface area contributed by atoms with Crippen LogP contribution < -0.4 is 5.32 Å². The number of aryl methyl sites for hydroxylation is 1. The minimum atomic E-state index is -0.953. The molecule has 2 rings (SSSR count). The van der Waals surface area contributed by atoms with Gasteiger partial charge < -0.3 is 15.0 Å².